The van der Waals surface area contributed by atoms with Crippen molar-refractivity contribution in [1.29, 1.82) is 0 Å². The SMILES string of the molecule is O=C1NC(=S)N=CCC1c1ccc(-c2ccccc2)o1. The summed E-state index contributed by atoms with van der Waals surface area (Å²) in [6.45, 7) is 0. The van der Waals surface area contributed by atoms with Crippen molar-refractivity contribution in [2.75, 3.05) is 0 Å². The van der Waals surface area contributed by atoms with E-state index in [1.54, 1.807) is 6.21 Å². The molecule has 0 aliphatic carbocycles. The van der Waals surface area contributed by atoms with Gasteiger partial charge in [0.1, 0.15) is 17.4 Å². The Kier molecular flexibility index (Phi) is 3.43. The molecule has 4 nitrogen and oxygen atoms in total. The molecule has 1 aliphatic heterocycles. The number of rotatable bonds is 2. The Hall–Kier alpha value is -2.27. The van der Waals surface area contributed by atoms with E-state index in [-0.39, 0.29) is 11.0 Å². The maximum absolute atomic E-state index is 12.0. The number of carbonyl (C=O) groups excluding carboxylic acids is 1. The lowest BCUT2D eigenvalue weighted by atomic mass is 10.0. The Morgan fingerprint density at radius 3 is 2.80 bits per heavy atom. The second-order valence-electron chi connectivity index (χ2n) is 4.46. The Morgan fingerprint density at radius 2 is 2.00 bits per heavy atom. The van der Waals surface area contributed by atoms with Crippen molar-refractivity contribution in [2.45, 2.75) is 12.3 Å². The van der Waals surface area contributed by atoms with Crippen molar-refractivity contribution in [2.24, 2.45) is 4.99 Å². The molecule has 2 aromatic rings. The molecule has 1 atom stereocenters. The Labute approximate surface area is 121 Å². The molecule has 1 amide bonds. The lowest BCUT2D eigenvalue weighted by Crippen LogP contribution is -2.30. The fourth-order valence-corrected chi connectivity index (χ4v) is 2.29. The first-order chi connectivity index (χ1) is 9.74. The zero-order valence-electron chi connectivity index (χ0n) is 10.6. The van der Waals surface area contributed by atoms with Crippen molar-refractivity contribution in [3.05, 3.63) is 48.2 Å². The van der Waals surface area contributed by atoms with Crippen LogP contribution in [-0.4, -0.2) is 17.2 Å². The molecule has 0 spiro atoms. The number of nitrogens with one attached hydrogen (secondary N) is 1. The normalized spacial score (nSPS) is 18.7. The van der Waals surface area contributed by atoms with Crippen molar-refractivity contribution < 1.29 is 9.21 Å². The van der Waals surface area contributed by atoms with Crippen LogP contribution in [0.2, 0.25) is 0 Å². The Bertz CT molecular complexity index is 676. The summed E-state index contributed by atoms with van der Waals surface area (Å²) < 4.78 is 5.80. The van der Waals surface area contributed by atoms with Crippen LogP contribution in [0.15, 0.2) is 51.9 Å². The van der Waals surface area contributed by atoms with Crippen LogP contribution < -0.4 is 5.32 Å². The molecule has 0 saturated heterocycles. The van der Waals surface area contributed by atoms with Crippen LogP contribution in [0.3, 0.4) is 0 Å². The van der Waals surface area contributed by atoms with Gasteiger partial charge in [-0.15, -0.1) is 0 Å². The van der Waals surface area contributed by atoms with Gasteiger partial charge in [0.05, 0.1) is 0 Å². The van der Waals surface area contributed by atoms with E-state index < -0.39 is 5.92 Å². The molecule has 1 N–H and O–H groups in total. The molecule has 100 valence electrons. The summed E-state index contributed by atoms with van der Waals surface area (Å²) in [4.78, 5) is 16.0. The van der Waals surface area contributed by atoms with Crippen LogP contribution in [-0.2, 0) is 4.79 Å². The van der Waals surface area contributed by atoms with Crippen LogP contribution in [0, 0.1) is 0 Å². The number of thiocarbonyl (C=S) groups is 1. The van der Waals surface area contributed by atoms with Gasteiger partial charge in [-0.25, -0.2) is 4.99 Å². The van der Waals surface area contributed by atoms with Gasteiger partial charge in [0.25, 0.3) is 0 Å². The number of nitrogens with zero attached hydrogens (tertiary/aromatic N) is 1. The number of carbonyl (C=O) groups is 1. The van der Waals surface area contributed by atoms with Crippen LogP contribution in [0.5, 0.6) is 0 Å². The molecule has 5 heteroatoms. The third-order valence-corrected chi connectivity index (χ3v) is 3.33. The molecule has 0 saturated carbocycles. The van der Waals surface area contributed by atoms with Gasteiger partial charge in [-0.05, 0) is 24.4 Å². The van der Waals surface area contributed by atoms with E-state index in [2.05, 4.69) is 10.3 Å². The largest absolute Gasteiger partial charge is 0.460 e. The molecular weight excluding hydrogens is 272 g/mol. The molecule has 1 aliphatic rings. The molecule has 20 heavy (non-hydrogen) atoms. The van der Waals surface area contributed by atoms with Crippen molar-refractivity contribution in [1.82, 2.24) is 5.32 Å². The van der Waals surface area contributed by atoms with E-state index in [9.17, 15) is 4.79 Å². The predicted octanol–water partition coefficient (Wildman–Crippen LogP) is 2.91. The van der Waals surface area contributed by atoms with Crippen molar-refractivity contribution in [3.8, 4) is 11.3 Å². The summed E-state index contributed by atoms with van der Waals surface area (Å²) in [5.74, 6) is 0.799. The minimum Gasteiger partial charge on any atom is -0.460 e. The first-order valence-electron chi connectivity index (χ1n) is 6.26. The maximum atomic E-state index is 12.0. The standard InChI is InChI=1S/C15H12N2O2S/c18-14-11(8-9-16-15(20)17-14)13-7-6-12(19-13)10-4-2-1-3-5-10/h1-7,9,11H,8H2,(H,17,18,20). The Morgan fingerprint density at radius 1 is 1.20 bits per heavy atom. The summed E-state index contributed by atoms with van der Waals surface area (Å²) in [5, 5.41) is 2.78. The smallest absolute Gasteiger partial charge is 0.237 e. The van der Waals surface area contributed by atoms with Gasteiger partial charge < -0.3 is 9.73 Å². The number of amides is 1. The fourth-order valence-electron chi connectivity index (χ4n) is 2.12. The monoisotopic (exact) mass is 284 g/mol. The zero-order chi connectivity index (χ0) is 13.9. The third-order valence-electron chi connectivity index (χ3n) is 3.12. The van der Waals surface area contributed by atoms with Gasteiger partial charge in [0.2, 0.25) is 5.91 Å². The minimum atomic E-state index is -0.392. The van der Waals surface area contributed by atoms with Crippen LogP contribution >= 0.6 is 12.2 Å². The molecule has 2 heterocycles. The summed E-state index contributed by atoms with van der Waals surface area (Å²) in [6, 6.07) is 13.5. The summed E-state index contributed by atoms with van der Waals surface area (Å²) in [5.41, 5.74) is 0.983. The highest BCUT2D eigenvalue weighted by Crippen LogP contribution is 2.28. The molecule has 0 bridgehead atoms. The van der Waals surface area contributed by atoms with Crippen molar-refractivity contribution >= 4 is 29.5 Å². The first kappa shape index (κ1) is 12.7. The van der Waals surface area contributed by atoms with E-state index in [4.69, 9.17) is 16.6 Å². The quantitative estimate of drug-likeness (QED) is 0.863. The lowest BCUT2D eigenvalue weighted by molar-refractivity contribution is -0.121. The van der Waals surface area contributed by atoms with Gasteiger partial charge in [-0.3, -0.25) is 4.79 Å². The van der Waals surface area contributed by atoms with Crippen LogP contribution in [0.1, 0.15) is 18.1 Å². The number of furan rings is 1. The second-order valence-corrected chi connectivity index (χ2v) is 4.85. The van der Waals surface area contributed by atoms with E-state index in [0.29, 0.717) is 12.2 Å². The average Bonchev–Trinajstić information content (AvgIpc) is 2.87. The van der Waals surface area contributed by atoms with Gasteiger partial charge in [0, 0.05) is 18.2 Å². The van der Waals surface area contributed by atoms with Crippen LogP contribution in [0.25, 0.3) is 11.3 Å². The fraction of sp³-hybridized carbons (Fsp3) is 0.133. The molecular formula is C15H12N2O2S. The minimum absolute atomic E-state index is 0.179. The van der Waals surface area contributed by atoms with Gasteiger partial charge in [-0.2, -0.15) is 0 Å². The Balaban J connectivity index is 1.88. The number of hydrogen-bond donors (Lipinski definition) is 1. The topological polar surface area (TPSA) is 54.6 Å². The molecule has 1 unspecified atom stereocenters. The summed E-state index contributed by atoms with van der Waals surface area (Å²) in [6.07, 6.45) is 2.13. The third kappa shape index (κ3) is 2.53. The van der Waals surface area contributed by atoms with E-state index >= 15 is 0 Å². The first-order valence-corrected chi connectivity index (χ1v) is 6.67. The number of hydrogen-bond acceptors (Lipinski definition) is 3. The van der Waals surface area contributed by atoms with Gasteiger partial charge in [-0.1, -0.05) is 30.3 Å². The number of benzene rings is 1. The lowest BCUT2D eigenvalue weighted by Gasteiger charge is -2.08. The molecule has 3 rings (SSSR count). The highest BCUT2D eigenvalue weighted by Gasteiger charge is 2.25. The van der Waals surface area contributed by atoms with Crippen LogP contribution in [0.4, 0.5) is 0 Å². The highest BCUT2D eigenvalue weighted by atomic mass is 32.1. The van der Waals surface area contributed by atoms with E-state index in [1.807, 2.05) is 42.5 Å². The van der Waals surface area contributed by atoms with Gasteiger partial charge >= 0.3 is 0 Å². The summed E-state index contributed by atoms with van der Waals surface area (Å²) in [7, 11) is 0. The molecule has 1 aromatic heterocycles. The molecule has 0 fully saturated rings. The average molecular weight is 284 g/mol. The predicted molar refractivity (Wildman–Crippen MR) is 80.7 cm³/mol. The maximum Gasteiger partial charge on any atom is 0.237 e. The summed E-state index contributed by atoms with van der Waals surface area (Å²) >= 11 is 4.89. The van der Waals surface area contributed by atoms with Gasteiger partial charge in [0.15, 0.2) is 5.11 Å². The van der Waals surface area contributed by atoms with E-state index in [1.165, 1.54) is 0 Å². The highest BCUT2D eigenvalue weighted by molar-refractivity contribution is 7.80. The molecule has 1 aromatic carbocycles. The number of aliphatic imine (C=N–C) groups is 1. The molecule has 0 radical (unpaired) electrons. The second kappa shape index (κ2) is 5.38. The van der Waals surface area contributed by atoms with E-state index in [0.717, 1.165) is 11.3 Å². The van der Waals surface area contributed by atoms with Crippen molar-refractivity contribution in [3.63, 3.8) is 0 Å². The zero-order valence-corrected chi connectivity index (χ0v) is 11.4.